The average molecular weight is 482 g/mol. The quantitative estimate of drug-likeness (QED) is 0.214. The summed E-state index contributed by atoms with van der Waals surface area (Å²) in [5, 5.41) is 9.25. The first-order chi connectivity index (χ1) is 16.0. The lowest BCUT2D eigenvalue weighted by molar-refractivity contribution is 0.102. The summed E-state index contributed by atoms with van der Waals surface area (Å²) in [6.07, 6.45) is 0.865. The topological polar surface area (TPSA) is 70.2 Å². The Morgan fingerprint density at radius 3 is 2.64 bits per heavy atom. The van der Waals surface area contributed by atoms with Crippen molar-refractivity contribution in [2.45, 2.75) is 32.0 Å². The number of ketones is 1. The molecule has 170 valence electrons. The first-order valence-corrected chi connectivity index (χ1v) is 11.9. The fourth-order valence-corrected chi connectivity index (χ4v) is 4.50. The van der Waals surface area contributed by atoms with Crippen LogP contribution < -0.4 is 4.74 Å². The van der Waals surface area contributed by atoms with Crippen LogP contribution in [0.15, 0.2) is 64.2 Å². The number of nitrogens with zero attached hydrogens (tertiary/aromatic N) is 3. The molecule has 0 bridgehead atoms. The van der Waals surface area contributed by atoms with Crippen LogP contribution in [0.3, 0.4) is 0 Å². The summed E-state index contributed by atoms with van der Waals surface area (Å²) >= 11 is 7.21. The molecule has 4 aromatic rings. The lowest BCUT2D eigenvalue weighted by atomic mass is 10.1. The van der Waals surface area contributed by atoms with E-state index in [-0.39, 0.29) is 11.5 Å². The van der Waals surface area contributed by atoms with Gasteiger partial charge in [-0.2, -0.15) is 0 Å². The number of hydrogen-bond donors (Lipinski definition) is 0. The average Bonchev–Trinajstić information content (AvgIpc) is 3.41. The first kappa shape index (κ1) is 23.1. The molecule has 0 spiro atoms. The van der Waals surface area contributed by atoms with E-state index in [2.05, 4.69) is 14.8 Å². The summed E-state index contributed by atoms with van der Waals surface area (Å²) in [6.45, 7) is 4.81. The molecular formula is C25H24ClN3O3S. The Labute approximate surface area is 201 Å². The molecule has 0 radical (unpaired) electrons. The Morgan fingerprint density at radius 2 is 1.88 bits per heavy atom. The third kappa shape index (κ3) is 5.31. The number of halogens is 1. The van der Waals surface area contributed by atoms with E-state index < -0.39 is 0 Å². The van der Waals surface area contributed by atoms with Crippen LogP contribution in [0.5, 0.6) is 5.75 Å². The van der Waals surface area contributed by atoms with Gasteiger partial charge >= 0.3 is 0 Å². The number of thioether (sulfide) groups is 1. The lowest BCUT2D eigenvalue weighted by Gasteiger charge is -2.10. The molecule has 0 saturated heterocycles. The minimum Gasteiger partial charge on any atom is -0.496 e. The van der Waals surface area contributed by atoms with E-state index in [9.17, 15) is 4.79 Å². The zero-order valence-electron chi connectivity index (χ0n) is 18.7. The van der Waals surface area contributed by atoms with Crippen molar-refractivity contribution in [1.29, 1.82) is 0 Å². The predicted octanol–water partition coefficient (Wildman–Crippen LogP) is 6.03. The van der Waals surface area contributed by atoms with Gasteiger partial charge < -0.3 is 13.7 Å². The van der Waals surface area contributed by atoms with Gasteiger partial charge in [-0.05, 0) is 56.2 Å². The fraction of sp³-hybridized carbons (Fsp3) is 0.240. The maximum absolute atomic E-state index is 12.9. The SMILES string of the molecule is COc1ccccc1-c1nnc(SCC(=O)c2cc(C)n(CCc3ccc(Cl)cc3)c2C)o1. The molecular weight excluding hydrogens is 458 g/mol. The Balaban J connectivity index is 1.40. The number of benzene rings is 2. The van der Waals surface area contributed by atoms with Crippen molar-refractivity contribution < 1.29 is 13.9 Å². The van der Waals surface area contributed by atoms with Crippen LogP contribution in [-0.2, 0) is 13.0 Å². The van der Waals surface area contributed by atoms with E-state index in [1.807, 2.05) is 68.4 Å². The third-order valence-electron chi connectivity index (χ3n) is 5.48. The molecule has 2 heterocycles. The van der Waals surface area contributed by atoms with E-state index in [1.54, 1.807) is 7.11 Å². The zero-order chi connectivity index (χ0) is 23.4. The van der Waals surface area contributed by atoms with Crippen molar-refractivity contribution in [2.75, 3.05) is 12.9 Å². The van der Waals surface area contributed by atoms with Gasteiger partial charge in [0, 0.05) is 28.5 Å². The van der Waals surface area contributed by atoms with E-state index in [4.69, 9.17) is 20.8 Å². The van der Waals surface area contributed by atoms with Gasteiger partial charge in [0.25, 0.3) is 11.1 Å². The minimum atomic E-state index is 0.0304. The number of aryl methyl sites for hydroxylation is 2. The summed E-state index contributed by atoms with van der Waals surface area (Å²) in [7, 11) is 1.59. The van der Waals surface area contributed by atoms with Crippen LogP contribution in [0.4, 0.5) is 0 Å². The van der Waals surface area contributed by atoms with Gasteiger partial charge in [0.05, 0.1) is 18.4 Å². The van der Waals surface area contributed by atoms with Crippen LogP contribution in [0, 0.1) is 13.8 Å². The number of carbonyl (C=O) groups excluding carboxylic acids is 1. The van der Waals surface area contributed by atoms with Crippen molar-refractivity contribution in [1.82, 2.24) is 14.8 Å². The van der Waals surface area contributed by atoms with Crippen LogP contribution in [-0.4, -0.2) is 33.4 Å². The molecule has 0 saturated carbocycles. The summed E-state index contributed by atoms with van der Waals surface area (Å²) in [4.78, 5) is 12.9. The molecule has 0 aliphatic heterocycles. The second kappa shape index (κ2) is 10.3. The van der Waals surface area contributed by atoms with Gasteiger partial charge in [0.1, 0.15) is 5.75 Å². The summed E-state index contributed by atoms with van der Waals surface area (Å²) in [6, 6.07) is 17.2. The molecule has 2 aromatic heterocycles. The van der Waals surface area contributed by atoms with Crippen LogP contribution in [0.2, 0.25) is 5.02 Å². The van der Waals surface area contributed by atoms with Gasteiger partial charge in [-0.15, -0.1) is 10.2 Å². The summed E-state index contributed by atoms with van der Waals surface area (Å²) in [5.74, 6) is 1.26. The molecule has 0 amide bonds. The van der Waals surface area contributed by atoms with Crippen molar-refractivity contribution in [3.8, 4) is 17.2 Å². The molecule has 2 aromatic carbocycles. The largest absolute Gasteiger partial charge is 0.496 e. The van der Waals surface area contributed by atoms with Gasteiger partial charge in [-0.25, -0.2) is 0 Å². The summed E-state index contributed by atoms with van der Waals surface area (Å²) < 4.78 is 13.3. The van der Waals surface area contributed by atoms with E-state index in [0.717, 1.165) is 40.5 Å². The van der Waals surface area contributed by atoms with Crippen molar-refractivity contribution in [2.24, 2.45) is 0 Å². The maximum atomic E-state index is 12.9. The normalized spacial score (nSPS) is 11.0. The van der Waals surface area contributed by atoms with Crippen molar-refractivity contribution in [3.05, 3.63) is 82.1 Å². The van der Waals surface area contributed by atoms with Crippen LogP contribution >= 0.6 is 23.4 Å². The Morgan fingerprint density at radius 1 is 1.12 bits per heavy atom. The molecule has 0 atom stereocenters. The number of ether oxygens (including phenoxy) is 1. The minimum absolute atomic E-state index is 0.0304. The second-order valence-electron chi connectivity index (χ2n) is 7.60. The number of rotatable bonds is 9. The summed E-state index contributed by atoms with van der Waals surface area (Å²) in [5.41, 5.74) is 4.67. The van der Waals surface area contributed by atoms with Gasteiger partial charge in [-0.3, -0.25) is 4.79 Å². The molecule has 33 heavy (non-hydrogen) atoms. The zero-order valence-corrected chi connectivity index (χ0v) is 20.2. The number of methoxy groups -OCH3 is 1. The number of Topliss-reactive ketones (excluding diaryl/α,β-unsaturated/α-hetero) is 1. The Hall–Kier alpha value is -3.03. The number of para-hydroxylation sites is 1. The monoisotopic (exact) mass is 481 g/mol. The van der Waals surface area contributed by atoms with Gasteiger partial charge in [0.15, 0.2) is 5.78 Å². The molecule has 0 fully saturated rings. The highest BCUT2D eigenvalue weighted by molar-refractivity contribution is 7.99. The predicted molar refractivity (Wildman–Crippen MR) is 130 cm³/mol. The smallest absolute Gasteiger partial charge is 0.277 e. The number of carbonyl (C=O) groups is 1. The molecule has 0 N–H and O–H groups in total. The highest BCUT2D eigenvalue weighted by Crippen LogP contribution is 2.30. The lowest BCUT2D eigenvalue weighted by Crippen LogP contribution is -2.08. The highest BCUT2D eigenvalue weighted by Gasteiger charge is 2.18. The van der Waals surface area contributed by atoms with Gasteiger partial charge in [-0.1, -0.05) is 47.6 Å². The van der Waals surface area contributed by atoms with Crippen LogP contribution in [0.25, 0.3) is 11.5 Å². The molecule has 6 nitrogen and oxygen atoms in total. The number of aromatic nitrogens is 3. The molecule has 8 heteroatoms. The maximum Gasteiger partial charge on any atom is 0.277 e. The van der Waals surface area contributed by atoms with Crippen molar-refractivity contribution >= 4 is 29.1 Å². The first-order valence-electron chi connectivity index (χ1n) is 10.5. The fourth-order valence-electron chi connectivity index (χ4n) is 3.72. The Bertz CT molecular complexity index is 1260. The highest BCUT2D eigenvalue weighted by atomic mass is 35.5. The molecule has 0 aliphatic rings. The standard InChI is InChI=1S/C25H24ClN3O3S/c1-16-14-21(17(2)29(16)13-12-18-8-10-19(26)11-9-18)22(30)15-33-25-28-27-24(32-25)20-6-4-5-7-23(20)31-3/h4-11,14H,12-13,15H2,1-3H3. The second-order valence-corrected chi connectivity index (χ2v) is 8.96. The molecule has 4 rings (SSSR count). The Kier molecular flexibility index (Phi) is 7.20. The molecule has 0 unspecified atom stereocenters. The van der Waals surface area contributed by atoms with Crippen molar-refractivity contribution in [3.63, 3.8) is 0 Å². The van der Waals surface area contributed by atoms with E-state index in [1.165, 1.54) is 17.3 Å². The van der Waals surface area contributed by atoms with Crippen LogP contribution in [0.1, 0.15) is 27.3 Å². The van der Waals surface area contributed by atoms with Gasteiger partial charge in [0.2, 0.25) is 0 Å². The van der Waals surface area contributed by atoms with E-state index in [0.29, 0.717) is 16.9 Å². The third-order valence-corrected chi connectivity index (χ3v) is 6.55. The van der Waals surface area contributed by atoms with E-state index >= 15 is 0 Å². The molecule has 0 aliphatic carbocycles. The number of hydrogen-bond acceptors (Lipinski definition) is 6.